The Morgan fingerprint density at radius 3 is 2.27 bits per heavy atom. The highest BCUT2D eigenvalue weighted by atomic mass is 16.5. The van der Waals surface area contributed by atoms with E-state index in [1.165, 1.54) is 0 Å². The lowest BCUT2D eigenvalue weighted by atomic mass is 10.0. The fraction of sp³-hybridized carbons (Fsp3) is 0.240. The molecule has 5 heteroatoms. The SMILES string of the molecule is Cc1cc(C)cc(NC(=O)[C@@H](Nc2ccc3c(c2)OCCCO3)c2ccccc2)c1. The third-order valence-corrected chi connectivity index (χ3v) is 4.94. The van der Waals surface area contributed by atoms with Crippen LogP contribution in [-0.2, 0) is 4.79 Å². The quantitative estimate of drug-likeness (QED) is 0.611. The zero-order valence-electron chi connectivity index (χ0n) is 17.3. The van der Waals surface area contributed by atoms with Crippen LogP contribution in [0, 0.1) is 13.8 Å². The Morgan fingerprint density at radius 1 is 0.833 bits per heavy atom. The van der Waals surface area contributed by atoms with Crippen LogP contribution in [-0.4, -0.2) is 19.1 Å². The summed E-state index contributed by atoms with van der Waals surface area (Å²) in [5.74, 6) is 1.30. The van der Waals surface area contributed by atoms with Crippen LogP contribution in [0.4, 0.5) is 11.4 Å². The van der Waals surface area contributed by atoms with Gasteiger partial charge < -0.3 is 20.1 Å². The average molecular weight is 402 g/mol. The van der Waals surface area contributed by atoms with E-state index in [1.54, 1.807) is 0 Å². The van der Waals surface area contributed by atoms with Gasteiger partial charge in [0, 0.05) is 23.9 Å². The number of aryl methyl sites for hydroxylation is 2. The van der Waals surface area contributed by atoms with Gasteiger partial charge in [-0.15, -0.1) is 0 Å². The van der Waals surface area contributed by atoms with E-state index in [0.29, 0.717) is 19.0 Å². The smallest absolute Gasteiger partial charge is 0.251 e. The molecule has 1 atom stereocenters. The molecule has 154 valence electrons. The van der Waals surface area contributed by atoms with Crippen molar-refractivity contribution in [2.75, 3.05) is 23.8 Å². The van der Waals surface area contributed by atoms with Crippen LogP contribution < -0.4 is 20.1 Å². The molecule has 0 fully saturated rings. The minimum Gasteiger partial charge on any atom is -0.490 e. The maximum absolute atomic E-state index is 13.3. The van der Waals surface area contributed by atoms with Crippen molar-refractivity contribution in [2.45, 2.75) is 26.3 Å². The van der Waals surface area contributed by atoms with Crippen molar-refractivity contribution in [3.8, 4) is 11.5 Å². The van der Waals surface area contributed by atoms with Crippen LogP contribution in [0.3, 0.4) is 0 Å². The van der Waals surface area contributed by atoms with Crippen LogP contribution >= 0.6 is 0 Å². The number of amides is 1. The van der Waals surface area contributed by atoms with Crippen molar-refractivity contribution in [3.63, 3.8) is 0 Å². The molecule has 5 nitrogen and oxygen atoms in total. The number of carbonyl (C=O) groups excluding carboxylic acids is 1. The standard InChI is InChI=1S/C25H26N2O3/c1-17-13-18(2)15-21(14-17)27-25(28)24(19-7-4-3-5-8-19)26-20-9-10-22-23(16-20)30-12-6-11-29-22/h3-5,7-10,13-16,24,26H,6,11-12H2,1-2H3,(H,27,28)/t24-/m0/s1. The number of hydrogen-bond donors (Lipinski definition) is 2. The lowest BCUT2D eigenvalue weighted by Gasteiger charge is -2.21. The maximum atomic E-state index is 13.3. The highest BCUT2D eigenvalue weighted by Crippen LogP contribution is 2.33. The van der Waals surface area contributed by atoms with E-state index >= 15 is 0 Å². The van der Waals surface area contributed by atoms with Gasteiger partial charge in [-0.1, -0.05) is 36.4 Å². The Labute approximate surface area is 177 Å². The molecule has 0 bridgehead atoms. The first-order valence-corrected chi connectivity index (χ1v) is 10.2. The van der Waals surface area contributed by atoms with E-state index in [4.69, 9.17) is 9.47 Å². The predicted octanol–water partition coefficient (Wildman–Crippen LogP) is 5.26. The van der Waals surface area contributed by atoms with Gasteiger partial charge in [0.25, 0.3) is 5.91 Å². The molecule has 3 aromatic carbocycles. The molecular formula is C25H26N2O3. The van der Waals surface area contributed by atoms with Gasteiger partial charge in [0.05, 0.1) is 13.2 Å². The Balaban J connectivity index is 1.60. The average Bonchev–Trinajstić information content (AvgIpc) is 2.97. The van der Waals surface area contributed by atoms with Crippen molar-refractivity contribution < 1.29 is 14.3 Å². The molecule has 1 amide bonds. The van der Waals surface area contributed by atoms with Crippen LogP contribution in [0.25, 0.3) is 0 Å². The molecule has 0 saturated heterocycles. The van der Waals surface area contributed by atoms with Crippen molar-refractivity contribution >= 4 is 17.3 Å². The van der Waals surface area contributed by atoms with E-state index in [-0.39, 0.29) is 5.91 Å². The molecule has 1 aliphatic heterocycles. The molecule has 1 aliphatic rings. The van der Waals surface area contributed by atoms with Gasteiger partial charge in [0.1, 0.15) is 6.04 Å². The number of nitrogens with one attached hydrogen (secondary N) is 2. The van der Waals surface area contributed by atoms with Crippen LogP contribution in [0.1, 0.15) is 29.2 Å². The minimum absolute atomic E-state index is 0.127. The van der Waals surface area contributed by atoms with E-state index in [0.717, 1.165) is 40.2 Å². The summed E-state index contributed by atoms with van der Waals surface area (Å²) in [6, 6.07) is 20.9. The molecule has 3 aromatic rings. The first-order chi connectivity index (χ1) is 14.6. The zero-order valence-corrected chi connectivity index (χ0v) is 17.3. The van der Waals surface area contributed by atoms with E-state index in [9.17, 15) is 4.79 Å². The lowest BCUT2D eigenvalue weighted by Crippen LogP contribution is -2.27. The zero-order chi connectivity index (χ0) is 20.9. The summed E-state index contributed by atoms with van der Waals surface area (Å²) in [7, 11) is 0. The molecule has 0 radical (unpaired) electrons. The number of carbonyl (C=O) groups is 1. The van der Waals surface area contributed by atoms with Crippen molar-refractivity contribution in [3.05, 3.63) is 83.4 Å². The van der Waals surface area contributed by atoms with Gasteiger partial charge in [0.2, 0.25) is 0 Å². The molecule has 0 saturated carbocycles. The maximum Gasteiger partial charge on any atom is 0.251 e. The van der Waals surface area contributed by atoms with E-state index < -0.39 is 6.04 Å². The van der Waals surface area contributed by atoms with Crippen LogP contribution in [0.15, 0.2) is 66.7 Å². The fourth-order valence-electron chi connectivity index (χ4n) is 3.63. The third kappa shape index (κ3) is 4.74. The highest BCUT2D eigenvalue weighted by molar-refractivity contribution is 5.97. The number of anilines is 2. The van der Waals surface area contributed by atoms with Gasteiger partial charge in [-0.2, -0.15) is 0 Å². The van der Waals surface area contributed by atoms with Crippen molar-refractivity contribution in [1.82, 2.24) is 0 Å². The van der Waals surface area contributed by atoms with Gasteiger partial charge in [-0.05, 0) is 54.8 Å². The summed E-state index contributed by atoms with van der Waals surface area (Å²) in [5, 5.41) is 6.42. The first-order valence-electron chi connectivity index (χ1n) is 10.2. The molecule has 0 spiro atoms. The number of hydrogen-bond acceptors (Lipinski definition) is 4. The second-order valence-electron chi connectivity index (χ2n) is 7.57. The monoisotopic (exact) mass is 402 g/mol. The van der Waals surface area contributed by atoms with Crippen molar-refractivity contribution in [2.24, 2.45) is 0 Å². The van der Waals surface area contributed by atoms with Gasteiger partial charge >= 0.3 is 0 Å². The summed E-state index contributed by atoms with van der Waals surface area (Å²) in [6.45, 7) is 5.30. The number of fused-ring (bicyclic) bond motifs is 1. The van der Waals surface area contributed by atoms with Crippen LogP contribution in [0.5, 0.6) is 11.5 Å². The Bertz CT molecular complexity index is 1010. The molecule has 2 N–H and O–H groups in total. The van der Waals surface area contributed by atoms with Gasteiger partial charge in [0.15, 0.2) is 11.5 Å². The Morgan fingerprint density at radius 2 is 1.53 bits per heavy atom. The second-order valence-corrected chi connectivity index (χ2v) is 7.57. The number of benzene rings is 3. The molecule has 0 aromatic heterocycles. The van der Waals surface area contributed by atoms with Gasteiger partial charge in [-0.25, -0.2) is 0 Å². The summed E-state index contributed by atoms with van der Waals surface area (Å²) in [6.07, 6.45) is 0.850. The summed E-state index contributed by atoms with van der Waals surface area (Å²) in [4.78, 5) is 13.3. The molecule has 1 heterocycles. The lowest BCUT2D eigenvalue weighted by molar-refractivity contribution is -0.117. The third-order valence-electron chi connectivity index (χ3n) is 4.94. The minimum atomic E-state index is -0.559. The van der Waals surface area contributed by atoms with Gasteiger partial charge in [-0.3, -0.25) is 4.79 Å². The summed E-state index contributed by atoms with van der Waals surface area (Å²) < 4.78 is 11.5. The van der Waals surface area contributed by atoms with E-state index in [2.05, 4.69) is 16.7 Å². The molecule has 30 heavy (non-hydrogen) atoms. The topological polar surface area (TPSA) is 59.6 Å². The number of rotatable bonds is 5. The summed E-state index contributed by atoms with van der Waals surface area (Å²) in [5.41, 5.74) is 4.68. The number of ether oxygens (including phenoxy) is 2. The fourth-order valence-corrected chi connectivity index (χ4v) is 3.63. The largest absolute Gasteiger partial charge is 0.490 e. The predicted molar refractivity (Wildman–Crippen MR) is 119 cm³/mol. The molecular weight excluding hydrogens is 376 g/mol. The first kappa shape index (κ1) is 19.8. The van der Waals surface area contributed by atoms with Crippen molar-refractivity contribution in [1.29, 1.82) is 0 Å². The molecule has 0 unspecified atom stereocenters. The second kappa shape index (κ2) is 8.91. The Hall–Kier alpha value is -3.47. The molecule has 4 rings (SSSR count). The summed E-state index contributed by atoms with van der Waals surface area (Å²) >= 11 is 0. The molecule has 0 aliphatic carbocycles. The highest BCUT2D eigenvalue weighted by Gasteiger charge is 2.22. The Kier molecular flexibility index (Phi) is 5.89. The normalized spacial score (nSPS) is 13.8. The van der Waals surface area contributed by atoms with E-state index in [1.807, 2.05) is 74.5 Å². The van der Waals surface area contributed by atoms with Crippen LogP contribution in [0.2, 0.25) is 0 Å².